The average molecular weight is 251 g/mol. The van der Waals surface area contributed by atoms with Crippen molar-refractivity contribution in [2.45, 2.75) is 19.9 Å². The highest BCUT2D eigenvalue weighted by molar-refractivity contribution is 5.27. The van der Waals surface area contributed by atoms with Gasteiger partial charge in [-0.25, -0.2) is 13.8 Å². The fourth-order valence-corrected chi connectivity index (χ4v) is 2.01. The molecule has 0 saturated carbocycles. The van der Waals surface area contributed by atoms with E-state index in [1.165, 1.54) is 12.1 Å². The van der Waals surface area contributed by atoms with Crippen molar-refractivity contribution in [2.24, 2.45) is 12.8 Å². The number of nitrogens with zero attached hydrogens (tertiary/aromatic N) is 2. The molecule has 0 aliphatic rings. The molecule has 0 aliphatic heterocycles. The summed E-state index contributed by atoms with van der Waals surface area (Å²) in [5.41, 5.74) is 7.73. The van der Waals surface area contributed by atoms with Crippen molar-refractivity contribution in [3.63, 3.8) is 0 Å². The van der Waals surface area contributed by atoms with Crippen LogP contribution in [0.4, 0.5) is 8.78 Å². The van der Waals surface area contributed by atoms with Gasteiger partial charge in [-0.3, -0.25) is 0 Å². The second-order valence-corrected chi connectivity index (χ2v) is 4.24. The van der Waals surface area contributed by atoms with E-state index in [9.17, 15) is 8.78 Å². The summed E-state index contributed by atoms with van der Waals surface area (Å²) < 4.78 is 28.3. The minimum Gasteiger partial charge on any atom is -0.333 e. The van der Waals surface area contributed by atoms with Gasteiger partial charge in [0.25, 0.3) is 0 Å². The van der Waals surface area contributed by atoms with E-state index in [1.807, 2.05) is 18.5 Å². The molecule has 0 bridgehead atoms. The van der Waals surface area contributed by atoms with Crippen LogP contribution >= 0.6 is 0 Å². The van der Waals surface area contributed by atoms with Crippen molar-refractivity contribution in [1.29, 1.82) is 0 Å². The molecule has 0 unspecified atom stereocenters. The van der Waals surface area contributed by atoms with Gasteiger partial charge in [0.05, 0.1) is 12.2 Å². The molecule has 96 valence electrons. The van der Waals surface area contributed by atoms with Crippen LogP contribution in [0.25, 0.3) is 0 Å². The third-order valence-corrected chi connectivity index (χ3v) is 3.06. The molecule has 0 radical (unpaired) electrons. The van der Waals surface area contributed by atoms with Crippen LogP contribution < -0.4 is 5.73 Å². The number of aryl methyl sites for hydroxylation is 1. The number of halogens is 2. The first-order chi connectivity index (χ1) is 8.52. The molecule has 18 heavy (non-hydrogen) atoms. The van der Waals surface area contributed by atoms with Gasteiger partial charge >= 0.3 is 0 Å². The number of rotatable bonds is 3. The van der Waals surface area contributed by atoms with E-state index < -0.39 is 11.6 Å². The number of hydrogen-bond donors (Lipinski definition) is 1. The largest absolute Gasteiger partial charge is 0.333 e. The van der Waals surface area contributed by atoms with Crippen LogP contribution in [0.15, 0.2) is 18.2 Å². The summed E-state index contributed by atoms with van der Waals surface area (Å²) in [5, 5.41) is 0. The van der Waals surface area contributed by atoms with Gasteiger partial charge in [-0.1, -0.05) is 6.07 Å². The number of aromatic nitrogens is 2. The molecular weight excluding hydrogens is 236 g/mol. The lowest BCUT2D eigenvalue weighted by molar-refractivity contribution is 0.573. The molecule has 0 spiro atoms. The van der Waals surface area contributed by atoms with Gasteiger partial charge in [-0.05, 0) is 18.6 Å². The zero-order valence-corrected chi connectivity index (χ0v) is 10.4. The molecule has 2 N–H and O–H groups in total. The average Bonchev–Trinajstić information content (AvgIpc) is 2.59. The molecule has 5 heteroatoms. The van der Waals surface area contributed by atoms with Crippen molar-refractivity contribution in [3.8, 4) is 0 Å². The van der Waals surface area contributed by atoms with E-state index in [-0.39, 0.29) is 0 Å². The van der Waals surface area contributed by atoms with Gasteiger partial charge in [-0.15, -0.1) is 0 Å². The van der Waals surface area contributed by atoms with Crippen molar-refractivity contribution >= 4 is 0 Å². The third kappa shape index (κ3) is 2.26. The molecule has 1 aromatic heterocycles. The monoisotopic (exact) mass is 251 g/mol. The summed E-state index contributed by atoms with van der Waals surface area (Å²) >= 11 is 0. The SMILES string of the molecule is Cc1nc(CN)n(C)c1Cc1ccc(F)cc1F. The van der Waals surface area contributed by atoms with Crippen molar-refractivity contribution < 1.29 is 8.78 Å². The van der Waals surface area contributed by atoms with Crippen LogP contribution in [-0.4, -0.2) is 9.55 Å². The molecule has 1 heterocycles. The summed E-state index contributed by atoms with van der Waals surface area (Å²) in [5.74, 6) is -0.351. The van der Waals surface area contributed by atoms with Gasteiger partial charge in [-0.2, -0.15) is 0 Å². The number of hydrogen-bond acceptors (Lipinski definition) is 2. The molecule has 3 nitrogen and oxygen atoms in total. The lowest BCUT2D eigenvalue weighted by Crippen LogP contribution is -2.07. The maximum atomic E-state index is 13.6. The first kappa shape index (κ1) is 12.7. The van der Waals surface area contributed by atoms with Gasteiger partial charge < -0.3 is 10.3 Å². The van der Waals surface area contributed by atoms with Crippen molar-refractivity contribution in [3.05, 3.63) is 52.6 Å². The van der Waals surface area contributed by atoms with Crippen LogP contribution in [0.2, 0.25) is 0 Å². The molecule has 2 aromatic rings. The first-order valence-electron chi connectivity index (χ1n) is 5.68. The highest BCUT2D eigenvalue weighted by atomic mass is 19.1. The Morgan fingerprint density at radius 3 is 2.61 bits per heavy atom. The van der Waals surface area contributed by atoms with Gasteiger partial charge in [0.15, 0.2) is 0 Å². The Bertz CT molecular complexity index is 576. The van der Waals surface area contributed by atoms with Crippen LogP contribution in [-0.2, 0) is 20.0 Å². The molecule has 0 amide bonds. The molecule has 1 aromatic carbocycles. The molecule has 2 rings (SSSR count). The summed E-state index contributed by atoms with van der Waals surface area (Å²) in [7, 11) is 1.85. The topological polar surface area (TPSA) is 43.8 Å². The zero-order chi connectivity index (χ0) is 13.3. The number of benzene rings is 1. The minimum absolute atomic E-state index is 0.337. The second-order valence-electron chi connectivity index (χ2n) is 4.24. The molecular formula is C13H15F2N3. The van der Waals surface area contributed by atoms with Gasteiger partial charge in [0.2, 0.25) is 0 Å². The van der Waals surface area contributed by atoms with E-state index in [2.05, 4.69) is 4.98 Å². The van der Waals surface area contributed by atoms with Gasteiger partial charge in [0, 0.05) is 25.2 Å². The van der Waals surface area contributed by atoms with Crippen molar-refractivity contribution in [1.82, 2.24) is 9.55 Å². The summed E-state index contributed by atoms with van der Waals surface area (Å²) in [6, 6.07) is 3.61. The summed E-state index contributed by atoms with van der Waals surface area (Å²) in [4.78, 5) is 4.31. The molecule has 0 fully saturated rings. The Morgan fingerprint density at radius 2 is 2.06 bits per heavy atom. The third-order valence-electron chi connectivity index (χ3n) is 3.06. The Morgan fingerprint density at radius 1 is 1.33 bits per heavy atom. The van der Waals surface area contributed by atoms with E-state index >= 15 is 0 Å². The van der Waals surface area contributed by atoms with E-state index in [0.717, 1.165) is 23.3 Å². The van der Waals surface area contributed by atoms with E-state index in [4.69, 9.17) is 5.73 Å². The normalized spacial score (nSPS) is 10.9. The number of imidazole rings is 1. The lowest BCUT2D eigenvalue weighted by atomic mass is 10.1. The summed E-state index contributed by atoms with van der Waals surface area (Å²) in [6.07, 6.45) is 0.376. The Labute approximate surface area is 104 Å². The highest BCUT2D eigenvalue weighted by Gasteiger charge is 2.13. The minimum atomic E-state index is -0.569. The first-order valence-corrected chi connectivity index (χ1v) is 5.68. The smallest absolute Gasteiger partial charge is 0.129 e. The fourth-order valence-electron chi connectivity index (χ4n) is 2.01. The fraction of sp³-hybridized carbons (Fsp3) is 0.308. The predicted octanol–water partition coefficient (Wildman–Crippen LogP) is 2.06. The predicted molar refractivity (Wildman–Crippen MR) is 65.0 cm³/mol. The molecule has 0 aliphatic carbocycles. The Balaban J connectivity index is 2.37. The molecule has 0 saturated heterocycles. The van der Waals surface area contributed by atoms with Crippen LogP contribution in [0.5, 0.6) is 0 Å². The van der Waals surface area contributed by atoms with Crippen LogP contribution in [0.1, 0.15) is 22.8 Å². The highest BCUT2D eigenvalue weighted by Crippen LogP contribution is 2.17. The Kier molecular flexibility index (Phi) is 3.43. The second kappa shape index (κ2) is 4.86. The number of nitrogens with two attached hydrogens (primary N) is 1. The summed E-state index contributed by atoms with van der Waals surface area (Å²) in [6.45, 7) is 2.19. The standard InChI is InChI=1S/C13H15F2N3/c1-8-12(18(2)13(7-16)17-8)5-9-3-4-10(14)6-11(9)15/h3-4,6H,5,7,16H2,1-2H3. The van der Waals surface area contributed by atoms with E-state index in [1.54, 1.807) is 0 Å². The maximum Gasteiger partial charge on any atom is 0.129 e. The van der Waals surface area contributed by atoms with Crippen LogP contribution in [0.3, 0.4) is 0 Å². The van der Waals surface area contributed by atoms with Crippen molar-refractivity contribution in [2.75, 3.05) is 0 Å². The van der Waals surface area contributed by atoms with Crippen LogP contribution in [0, 0.1) is 18.6 Å². The quantitative estimate of drug-likeness (QED) is 0.907. The molecule has 0 atom stereocenters. The maximum absolute atomic E-state index is 13.6. The lowest BCUT2D eigenvalue weighted by Gasteiger charge is -2.07. The van der Waals surface area contributed by atoms with Gasteiger partial charge in [0.1, 0.15) is 17.5 Å². The Hall–Kier alpha value is -1.75. The van der Waals surface area contributed by atoms with E-state index in [0.29, 0.717) is 18.5 Å². The zero-order valence-electron chi connectivity index (χ0n) is 10.4.